The smallest absolute Gasteiger partial charge is 0.303 e. The van der Waals surface area contributed by atoms with E-state index in [4.69, 9.17) is 5.11 Å². The number of anilines is 1. The van der Waals surface area contributed by atoms with Gasteiger partial charge in [-0.05, 0) is 55.7 Å². The first-order chi connectivity index (χ1) is 10.9. The lowest BCUT2D eigenvalue weighted by Crippen LogP contribution is -2.03. The first kappa shape index (κ1) is 15.1. The second-order valence-corrected chi connectivity index (χ2v) is 5.83. The summed E-state index contributed by atoms with van der Waals surface area (Å²) in [5, 5.41) is 11.7. The Kier molecular flexibility index (Phi) is 3.78. The Hall–Kier alpha value is -2.82. The molecule has 0 saturated heterocycles. The molecule has 3 N–H and O–H groups in total. The van der Waals surface area contributed by atoms with Crippen molar-refractivity contribution in [3.63, 3.8) is 0 Å². The van der Waals surface area contributed by atoms with Crippen LogP contribution in [0.25, 0.3) is 11.6 Å². The minimum Gasteiger partial charge on any atom is -0.481 e. The third-order valence-corrected chi connectivity index (χ3v) is 3.97. The molecule has 23 heavy (non-hydrogen) atoms. The number of hydrogen-bond acceptors (Lipinski definition) is 2. The van der Waals surface area contributed by atoms with Crippen molar-refractivity contribution in [1.29, 1.82) is 0 Å². The van der Waals surface area contributed by atoms with E-state index in [9.17, 15) is 9.59 Å². The summed E-state index contributed by atoms with van der Waals surface area (Å²) in [6.07, 6.45) is 2.38. The molecule has 1 aromatic carbocycles. The van der Waals surface area contributed by atoms with Crippen LogP contribution in [-0.4, -0.2) is 22.0 Å². The number of carbonyl (C=O) groups excluding carboxylic acids is 1. The van der Waals surface area contributed by atoms with Crippen LogP contribution in [0, 0.1) is 13.8 Å². The van der Waals surface area contributed by atoms with Gasteiger partial charge in [0.05, 0.1) is 5.57 Å². The zero-order valence-corrected chi connectivity index (χ0v) is 13.1. The average molecular weight is 310 g/mol. The number of rotatable bonds is 4. The van der Waals surface area contributed by atoms with Gasteiger partial charge < -0.3 is 15.4 Å². The molecule has 1 aliphatic rings. The molecule has 5 nitrogen and oxygen atoms in total. The number of amides is 1. The van der Waals surface area contributed by atoms with Crippen molar-refractivity contribution >= 4 is 29.2 Å². The van der Waals surface area contributed by atoms with Gasteiger partial charge in [-0.1, -0.05) is 6.07 Å². The molecule has 0 bridgehead atoms. The molecule has 0 unspecified atom stereocenters. The number of hydrogen-bond donors (Lipinski definition) is 3. The lowest BCUT2D eigenvalue weighted by molar-refractivity contribution is -0.137. The molecule has 0 aliphatic carbocycles. The summed E-state index contributed by atoms with van der Waals surface area (Å²) in [5.74, 6) is -0.963. The second-order valence-electron chi connectivity index (χ2n) is 5.83. The fraction of sp³-hybridized carbons (Fsp3) is 0.222. The summed E-state index contributed by atoms with van der Waals surface area (Å²) in [5.41, 5.74) is 6.14. The number of aryl methyl sites for hydroxylation is 3. The highest BCUT2D eigenvalue weighted by Gasteiger charge is 2.24. The number of H-pyrrole nitrogens is 1. The van der Waals surface area contributed by atoms with Gasteiger partial charge in [-0.3, -0.25) is 9.59 Å². The van der Waals surface area contributed by atoms with E-state index in [1.807, 2.05) is 44.2 Å². The number of nitrogens with one attached hydrogen (secondary N) is 2. The number of carboxylic acids is 1. The van der Waals surface area contributed by atoms with E-state index in [1.54, 1.807) is 0 Å². The summed E-state index contributed by atoms with van der Waals surface area (Å²) in [7, 11) is 0. The summed E-state index contributed by atoms with van der Waals surface area (Å²) >= 11 is 0. The van der Waals surface area contributed by atoms with E-state index in [-0.39, 0.29) is 12.3 Å². The number of aromatic nitrogens is 1. The zero-order chi connectivity index (χ0) is 16.6. The summed E-state index contributed by atoms with van der Waals surface area (Å²) < 4.78 is 0. The molecular formula is C18H18N2O3. The monoisotopic (exact) mass is 310 g/mol. The van der Waals surface area contributed by atoms with Gasteiger partial charge in [0.2, 0.25) is 0 Å². The number of benzene rings is 1. The van der Waals surface area contributed by atoms with Gasteiger partial charge in [0.1, 0.15) is 0 Å². The van der Waals surface area contributed by atoms with Gasteiger partial charge in [0.25, 0.3) is 5.91 Å². The Morgan fingerprint density at radius 2 is 2.04 bits per heavy atom. The Bertz CT molecular complexity index is 831. The highest BCUT2D eigenvalue weighted by Crippen LogP contribution is 2.34. The largest absolute Gasteiger partial charge is 0.481 e. The zero-order valence-electron chi connectivity index (χ0n) is 13.1. The van der Waals surface area contributed by atoms with Gasteiger partial charge in [0, 0.05) is 29.1 Å². The van der Waals surface area contributed by atoms with Crippen LogP contribution < -0.4 is 5.32 Å². The van der Waals surface area contributed by atoms with Crippen LogP contribution in [0.15, 0.2) is 24.3 Å². The molecule has 3 rings (SSSR count). The Balaban J connectivity index is 1.98. The molecule has 5 heteroatoms. The normalized spacial score (nSPS) is 14.9. The number of aliphatic carboxylic acids is 1. The molecule has 1 aromatic heterocycles. The molecule has 2 heterocycles. The van der Waals surface area contributed by atoms with Gasteiger partial charge in [-0.15, -0.1) is 0 Å². The van der Waals surface area contributed by atoms with E-state index in [2.05, 4.69) is 10.3 Å². The van der Waals surface area contributed by atoms with Crippen molar-refractivity contribution < 1.29 is 14.7 Å². The third kappa shape index (κ3) is 3.04. The maximum absolute atomic E-state index is 12.2. The Morgan fingerprint density at radius 3 is 2.70 bits per heavy atom. The molecule has 2 aromatic rings. The molecular weight excluding hydrogens is 292 g/mol. The fourth-order valence-electron chi connectivity index (χ4n) is 2.83. The number of carbonyl (C=O) groups is 2. The SMILES string of the molecule is Cc1cc(C)c(C=C2C(=O)Nc3ccc(CCC(=O)O)cc32)[nH]1. The van der Waals surface area contributed by atoms with Crippen molar-refractivity contribution in [2.24, 2.45) is 0 Å². The summed E-state index contributed by atoms with van der Waals surface area (Å²) in [6, 6.07) is 7.61. The topological polar surface area (TPSA) is 82.2 Å². The second kappa shape index (κ2) is 5.76. The minimum absolute atomic E-state index is 0.0775. The maximum atomic E-state index is 12.2. The fourth-order valence-corrected chi connectivity index (χ4v) is 2.83. The van der Waals surface area contributed by atoms with Crippen LogP contribution in [-0.2, 0) is 16.0 Å². The molecule has 0 fully saturated rings. The van der Waals surface area contributed by atoms with Crippen molar-refractivity contribution in [2.45, 2.75) is 26.7 Å². The van der Waals surface area contributed by atoms with Gasteiger partial charge in [0.15, 0.2) is 0 Å². The standard InChI is InChI=1S/C18H18N2O3/c1-10-7-11(2)19-16(10)9-14-13-8-12(4-6-17(21)22)3-5-15(13)20-18(14)23/h3,5,7-9,19H,4,6H2,1-2H3,(H,20,23)(H,21,22). The average Bonchev–Trinajstić information content (AvgIpc) is 2.97. The maximum Gasteiger partial charge on any atom is 0.303 e. The summed E-state index contributed by atoms with van der Waals surface area (Å²) in [4.78, 5) is 26.2. The quantitative estimate of drug-likeness (QED) is 0.759. The van der Waals surface area contributed by atoms with Crippen molar-refractivity contribution in [3.05, 3.63) is 52.3 Å². The predicted molar refractivity (Wildman–Crippen MR) is 89.2 cm³/mol. The van der Waals surface area contributed by atoms with E-state index < -0.39 is 5.97 Å². The molecule has 1 aliphatic heterocycles. The van der Waals surface area contributed by atoms with Crippen molar-refractivity contribution in [3.8, 4) is 0 Å². The molecule has 0 saturated carbocycles. The number of fused-ring (bicyclic) bond motifs is 1. The van der Waals surface area contributed by atoms with Crippen molar-refractivity contribution in [1.82, 2.24) is 4.98 Å². The highest BCUT2D eigenvalue weighted by molar-refractivity contribution is 6.34. The molecule has 0 atom stereocenters. The molecule has 1 amide bonds. The molecule has 118 valence electrons. The lowest BCUT2D eigenvalue weighted by atomic mass is 10.0. The van der Waals surface area contributed by atoms with E-state index >= 15 is 0 Å². The van der Waals surface area contributed by atoms with Gasteiger partial charge >= 0.3 is 5.97 Å². The van der Waals surface area contributed by atoms with Crippen LogP contribution in [0.2, 0.25) is 0 Å². The highest BCUT2D eigenvalue weighted by atomic mass is 16.4. The van der Waals surface area contributed by atoms with E-state index in [0.717, 1.165) is 33.8 Å². The van der Waals surface area contributed by atoms with Crippen LogP contribution in [0.1, 0.15) is 34.5 Å². The Morgan fingerprint density at radius 1 is 1.26 bits per heavy atom. The number of carboxylic acid groups (broad SMARTS) is 1. The third-order valence-electron chi connectivity index (χ3n) is 3.97. The van der Waals surface area contributed by atoms with Gasteiger partial charge in [-0.2, -0.15) is 0 Å². The number of aromatic amines is 1. The lowest BCUT2D eigenvalue weighted by Gasteiger charge is -2.03. The van der Waals surface area contributed by atoms with Crippen LogP contribution >= 0.6 is 0 Å². The minimum atomic E-state index is -0.826. The van der Waals surface area contributed by atoms with Gasteiger partial charge in [-0.25, -0.2) is 0 Å². The first-order valence-corrected chi connectivity index (χ1v) is 7.48. The van der Waals surface area contributed by atoms with E-state index in [1.165, 1.54) is 0 Å². The van der Waals surface area contributed by atoms with Crippen LogP contribution in [0.5, 0.6) is 0 Å². The molecule has 0 radical (unpaired) electrons. The first-order valence-electron chi connectivity index (χ1n) is 7.48. The van der Waals surface area contributed by atoms with E-state index in [0.29, 0.717) is 12.0 Å². The van der Waals surface area contributed by atoms with Crippen molar-refractivity contribution in [2.75, 3.05) is 5.32 Å². The summed E-state index contributed by atoms with van der Waals surface area (Å²) in [6.45, 7) is 3.97. The van der Waals surface area contributed by atoms with Crippen LogP contribution in [0.3, 0.4) is 0 Å². The molecule has 0 spiro atoms. The van der Waals surface area contributed by atoms with Crippen LogP contribution in [0.4, 0.5) is 5.69 Å². The predicted octanol–water partition coefficient (Wildman–Crippen LogP) is 3.14. The Labute approximate surface area is 134 Å².